The SMILES string of the molecule is NC1C2CCCC1CC(C(=O)NC1CCN3CCCC3C1)C2. The van der Waals surface area contributed by atoms with Gasteiger partial charge in [-0.2, -0.15) is 0 Å². The summed E-state index contributed by atoms with van der Waals surface area (Å²) in [5, 5.41) is 3.40. The highest BCUT2D eigenvalue weighted by atomic mass is 16.1. The summed E-state index contributed by atoms with van der Waals surface area (Å²) in [4.78, 5) is 15.3. The van der Waals surface area contributed by atoms with Crippen molar-refractivity contribution in [2.24, 2.45) is 23.5 Å². The molecule has 2 aliphatic carbocycles. The van der Waals surface area contributed by atoms with Crippen LogP contribution in [0.2, 0.25) is 0 Å². The Bertz CT molecular complexity index is 413. The lowest BCUT2D eigenvalue weighted by atomic mass is 9.65. The van der Waals surface area contributed by atoms with E-state index in [0.717, 1.165) is 25.3 Å². The van der Waals surface area contributed by atoms with Gasteiger partial charge in [-0.1, -0.05) is 6.42 Å². The highest BCUT2D eigenvalue weighted by molar-refractivity contribution is 5.79. The van der Waals surface area contributed by atoms with Gasteiger partial charge in [-0.3, -0.25) is 4.79 Å². The molecule has 4 fully saturated rings. The van der Waals surface area contributed by atoms with Crippen LogP contribution in [0.4, 0.5) is 0 Å². The second kappa shape index (κ2) is 6.12. The minimum atomic E-state index is 0.233. The van der Waals surface area contributed by atoms with Gasteiger partial charge in [0.2, 0.25) is 5.91 Å². The van der Waals surface area contributed by atoms with Crippen molar-refractivity contribution in [3.8, 4) is 0 Å². The molecule has 0 aromatic rings. The Morgan fingerprint density at radius 1 is 0.955 bits per heavy atom. The van der Waals surface area contributed by atoms with Crippen molar-refractivity contribution in [1.82, 2.24) is 10.2 Å². The molecule has 2 aliphatic heterocycles. The Morgan fingerprint density at radius 2 is 1.73 bits per heavy atom. The van der Waals surface area contributed by atoms with Gasteiger partial charge in [-0.25, -0.2) is 0 Å². The van der Waals surface area contributed by atoms with E-state index in [4.69, 9.17) is 5.73 Å². The van der Waals surface area contributed by atoms with Crippen LogP contribution in [0.15, 0.2) is 0 Å². The first-order valence-electron chi connectivity index (χ1n) is 9.50. The minimum Gasteiger partial charge on any atom is -0.353 e. The predicted molar refractivity (Wildman–Crippen MR) is 87.3 cm³/mol. The summed E-state index contributed by atoms with van der Waals surface area (Å²) in [6.45, 7) is 2.45. The second-order valence-corrected chi connectivity index (χ2v) is 8.26. The Morgan fingerprint density at radius 3 is 2.50 bits per heavy atom. The van der Waals surface area contributed by atoms with Crippen LogP contribution < -0.4 is 11.1 Å². The molecule has 4 atom stereocenters. The molecular weight excluding hydrogens is 274 g/mol. The van der Waals surface area contributed by atoms with E-state index >= 15 is 0 Å². The number of amides is 1. The fourth-order valence-electron chi connectivity index (χ4n) is 5.68. The van der Waals surface area contributed by atoms with E-state index in [0.29, 0.717) is 29.8 Å². The van der Waals surface area contributed by atoms with Gasteiger partial charge in [0, 0.05) is 30.6 Å². The Hall–Kier alpha value is -0.610. The third kappa shape index (κ3) is 2.80. The second-order valence-electron chi connectivity index (χ2n) is 8.26. The summed E-state index contributed by atoms with van der Waals surface area (Å²) in [6, 6.07) is 1.51. The average molecular weight is 305 g/mol. The highest BCUT2D eigenvalue weighted by Crippen LogP contribution is 2.42. The topological polar surface area (TPSA) is 58.4 Å². The first kappa shape index (κ1) is 14.9. The molecule has 2 saturated heterocycles. The monoisotopic (exact) mass is 305 g/mol. The molecule has 0 aromatic heterocycles. The number of fused-ring (bicyclic) bond motifs is 3. The summed E-state index contributed by atoms with van der Waals surface area (Å²) < 4.78 is 0. The average Bonchev–Trinajstić information content (AvgIpc) is 2.94. The summed E-state index contributed by atoms with van der Waals surface area (Å²) in [6.07, 6.45) is 10.8. The molecule has 0 aromatic carbocycles. The third-order valence-electron chi connectivity index (χ3n) is 6.95. The molecule has 124 valence electrons. The van der Waals surface area contributed by atoms with Crippen molar-refractivity contribution >= 4 is 5.91 Å². The lowest BCUT2D eigenvalue weighted by molar-refractivity contribution is -0.129. The van der Waals surface area contributed by atoms with Crippen molar-refractivity contribution in [1.29, 1.82) is 0 Å². The number of hydrogen-bond donors (Lipinski definition) is 2. The normalized spacial score (nSPS) is 45.3. The van der Waals surface area contributed by atoms with Crippen LogP contribution in [0.25, 0.3) is 0 Å². The van der Waals surface area contributed by atoms with Crippen molar-refractivity contribution in [3.05, 3.63) is 0 Å². The Kier molecular flexibility index (Phi) is 4.16. The summed E-state index contributed by atoms with van der Waals surface area (Å²) in [7, 11) is 0. The molecule has 1 amide bonds. The maximum atomic E-state index is 12.7. The molecule has 2 bridgehead atoms. The maximum absolute atomic E-state index is 12.7. The van der Waals surface area contributed by atoms with E-state index in [1.165, 1.54) is 51.6 Å². The Balaban J connectivity index is 1.32. The predicted octanol–water partition coefficient (Wildman–Crippen LogP) is 1.88. The van der Waals surface area contributed by atoms with E-state index in [2.05, 4.69) is 10.2 Å². The molecular formula is C18H31N3O. The van der Waals surface area contributed by atoms with Crippen molar-refractivity contribution in [3.63, 3.8) is 0 Å². The third-order valence-corrected chi connectivity index (χ3v) is 6.95. The van der Waals surface area contributed by atoms with Crippen LogP contribution in [0.5, 0.6) is 0 Å². The van der Waals surface area contributed by atoms with Gasteiger partial charge >= 0.3 is 0 Å². The van der Waals surface area contributed by atoms with Gasteiger partial charge in [0.05, 0.1) is 0 Å². The molecule has 2 saturated carbocycles. The quantitative estimate of drug-likeness (QED) is 0.819. The van der Waals surface area contributed by atoms with Gasteiger partial charge in [-0.15, -0.1) is 0 Å². The molecule has 4 rings (SSSR count). The zero-order valence-electron chi connectivity index (χ0n) is 13.7. The van der Waals surface area contributed by atoms with Gasteiger partial charge in [0.25, 0.3) is 0 Å². The van der Waals surface area contributed by atoms with Gasteiger partial charge in [0.1, 0.15) is 0 Å². The highest BCUT2D eigenvalue weighted by Gasteiger charge is 2.41. The van der Waals surface area contributed by atoms with Crippen molar-refractivity contribution in [2.75, 3.05) is 13.1 Å². The molecule has 0 radical (unpaired) electrons. The van der Waals surface area contributed by atoms with Crippen LogP contribution in [0, 0.1) is 17.8 Å². The number of carbonyl (C=O) groups excluding carboxylic acids is 1. The van der Waals surface area contributed by atoms with Gasteiger partial charge < -0.3 is 16.0 Å². The van der Waals surface area contributed by atoms with Crippen LogP contribution in [0.3, 0.4) is 0 Å². The molecule has 4 aliphatic rings. The van der Waals surface area contributed by atoms with Crippen LogP contribution in [0.1, 0.15) is 57.8 Å². The number of hydrogen-bond acceptors (Lipinski definition) is 3. The lowest BCUT2D eigenvalue weighted by Crippen LogP contribution is -2.52. The van der Waals surface area contributed by atoms with E-state index in [1.54, 1.807) is 0 Å². The fraction of sp³-hybridized carbons (Fsp3) is 0.944. The summed E-state index contributed by atoms with van der Waals surface area (Å²) >= 11 is 0. The van der Waals surface area contributed by atoms with Crippen molar-refractivity contribution < 1.29 is 4.79 Å². The molecule has 4 heteroatoms. The largest absolute Gasteiger partial charge is 0.353 e. The number of nitrogens with zero attached hydrogens (tertiary/aromatic N) is 1. The van der Waals surface area contributed by atoms with Crippen LogP contribution in [-0.2, 0) is 4.79 Å². The standard InChI is InChI=1S/C18H31N3O/c19-17-12-3-1-4-13(17)10-14(9-12)18(22)20-15-6-8-21-7-2-5-16(21)11-15/h12-17H,1-11,19H2,(H,20,22). The molecule has 4 nitrogen and oxygen atoms in total. The van der Waals surface area contributed by atoms with Crippen molar-refractivity contribution in [2.45, 2.75) is 75.9 Å². The van der Waals surface area contributed by atoms with Crippen LogP contribution in [-0.4, -0.2) is 42.0 Å². The first-order chi connectivity index (χ1) is 10.7. The zero-order valence-corrected chi connectivity index (χ0v) is 13.7. The van der Waals surface area contributed by atoms with E-state index in [9.17, 15) is 4.79 Å². The zero-order chi connectivity index (χ0) is 15.1. The number of rotatable bonds is 2. The summed E-state index contributed by atoms with van der Waals surface area (Å²) in [5.41, 5.74) is 6.35. The number of nitrogens with one attached hydrogen (secondary N) is 1. The van der Waals surface area contributed by atoms with Gasteiger partial charge in [-0.05, 0) is 69.7 Å². The van der Waals surface area contributed by atoms with E-state index in [1.807, 2.05) is 0 Å². The first-order valence-corrected chi connectivity index (χ1v) is 9.50. The number of piperidine rings is 1. The summed E-state index contributed by atoms with van der Waals surface area (Å²) in [5.74, 6) is 1.76. The maximum Gasteiger partial charge on any atom is 0.223 e. The fourth-order valence-corrected chi connectivity index (χ4v) is 5.68. The minimum absolute atomic E-state index is 0.233. The van der Waals surface area contributed by atoms with E-state index in [-0.39, 0.29) is 5.92 Å². The molecule has 4 unspecified atom stereocenters. The number of nitrogens with two attached hydrogens (primary N) is 1. The molecule has 22 heavy (non-hydrogen) atoms. The lowest BCUT2D eigenvalue weighted by Gasteiger charge is -2.44. The smallest absolute Gasteiger partial charge is 0.223 e. The number of carbonyl (C=O) groups is 1. The van der Waals surface area contributed by atoms with E-state index < -0.39 is 0 Å². The van der Waals surface area contributed by atoms with Crippen LogP contribution >= 0.6 is 0 Å². The van der Waals surface area contributed by atoms with Gasteiger partial charge in [0.15, 0.2) is 0 Å². The molecule has 3 N–H and O–H groups in total. The molecule has 2 heterocycles. The Labute approximate surface area is 134 Å². The molecule has 0 spiro atoms.